The van der Waals surface area contributed by atoms with Crippen LogP contribution >= 0.6 is 0 Å². The second-order valence-electron chi connectivity index (χ2n) is 7.69. The zero-order valence-corrected chi connectivity index (χ0v) is 16.0. The Bertz CT molecular complexity index is 738. The van der Waals surface area contributed by atoms with Gasteiger partial charge in [-0.05, 0) is 25.1 Å². The van der Waals surface area contributed by atoms with Crippen molar-refractivity contribution in [2.45, 2.75) is 33.7 Å². The molecule has 0 saturated carbocycles. The van der Waals surface area contributed by atoms with Crippen molar-refractivity contribution < 1.29 is 23.2 Å². The Morgan fingerprint density at radius 3 is 2.07 bits per heavy atom. The molecule has 8 heteroatoms. The number of rotatable bonds is 3. The second kappa shape index (κ2) is 8.02. The molecule has 148 valence electrons. The molecule has 0 radical (unpaired) electrons. The number of nitrogens with zero attached hydrogens (tertiary/aromatic N) is 2. The number of carbonyl (C=O) groups excluding carboxylic acids is 3. The van der Waals surface area contributed by atoms with Crippen molar-refractivity contribution in [2.24, 2.45) is 5.41 Å². The minimum atomic E-state index is -1.07. The molecular formula is C19H25F2N3O3. The number of nitrogens with one attached hydrogen (secondary N) is 1. The van der Waals surface area contributed by atoms with Gasteiger partial charge in [0.15, 0.2) is 11.6 Å². The summed E-state index contributed by atoms with van der Waals surface area (Å²) in [7, 11) is 0. The Morgan fingerprint density at radius 2 is 1.56 bits per heavy atom. The lowest BCUT2D eigenvalue weighted by Crippen LogP contribution is -2.56. The van der Waals surface area contributed by atoms with Crippen LogP contribution in [0.4, 0.5) is 8.78 Å². The molecule has 0 aromatic heterocycles. The molecule has 1 aromatic carbocycles. The molecule has 0 spiro atoms. The maximum absolute atomic E-state index is 13.3. The maximum atomic E-state index is 13.3. The topological polar surface area (TPSA) is 69.7 Å². The number of halogens is 2. The molecule has 27 heavy (non-hydrogen) atoms. The third-order valence-corrected chi connectivity index (χ3v) is 4.44. The molecule has 0 bridgehead atoms. The first-order valence-electron chi connectivity index (χ1n) is 8.85. The summed E-state index contributed by atoms with van der Waals surface area (Å²) in [6, 6.07) is 2.37. The number of benzene rings is 1. The number of piperazine rings is 1. The van der Waals surface area contributed by atoms with E-state index in [-0.39, 0.29) is 30.5 Å². The summed E-state index contributed by atoms with van der Waals surface area (Å²) in [4.78, 5) is 40.0. The van der Waals surface area contributed by atoms with E-state index in [4.69, 9.17) is 0 Å². The minimum Gasteiger partial charge on any atom is -0.344 e. The number of amides is 3. The van der Waals surface area contributed by atoms with Crippen LogP contribution in [-0.2, 0) is 9.59 Å². The molecule has 1 aliphatic heterocycles. The molecule has 1 heterocycles. The van der Waals surface area contributed by atoms with Gasteiger partial charge in [-0.3, -0.25) is 14.4 Å². The van der Waals surface area contributed by atoms with Gasteiger partial charge >= 0.3 is 0 Å². The molecular weight excluding hydrogens is 356 g/mol. The lowest BCUT2D eigenvalue weighted by atomic mass is 9.95. The first-order valence-corrected chi connectivity index (χ1v) is 8.85. The van der Waals surface area contributed by atoms with Crippen molar-refractivity contribution in [3.05, 3.63) is 35.4 Å². The summed E-state index contributed by atoms with van der Waals surface area (Å²) in [5.41, 5.74) is -0.524. The Labute approximate surface area is 157 Å². The monoisotopic (exact) mass is 381 g/mol. The van der Waals surface area contributed by atoms with Gasteiger partial charge in [-0.2, -0.15) is 0 Å². The van der Waals surface area contributed by atoms with E-state index in [9.17, 15) is 23.2 Å². The van der Waals surface area contributed by atoms with Gasteiger partial charge in [0, 0.05) is 37.2 Å². The smallest absolute Gasteiger partial charge is 0.254 e. The molecule has 6 nitrogen and oxygen atoms in total. The fourth-order valence-corrected chi connectivity index (χ4v) is 2.69. The van der Waals surface area contributed by atoms with Crippen LogP contribution in [-0.4, -0.2) is 59.7 Å². The molecule has 1 atom stereocenters. The summed E-state index contributed by atoms with van der Waals surface area (Å²) in [6.45, 7) is 8.11. The van der Waals surface area contributed by atoms with Gasteiger partial charge in [-0.1, -0.05) is 20.8 Å². The average Bonchev–Trinajstić information content (AvgIpc) is 2.62. The molecule has 1 saturated heterocycles. The van der Waals surface area contributed by atoms with Gasteiger partial charge in [0.1, 0.15) is 6.04 Å². The summed E-state index contributed by atoms with van der Waals surface area (Å²) >= 11 is 0. The Kier molecular flexibility index (Phi) is 6.18. The second-order valence-corrected chi connectivity index (χ2v) is 7.69. The van der Waals surface area contributed by atoms with E-state index in [1.165, 1.54) is 11.0 Å². The van der Waals surface area contributed by atoms with Crippen molar-refractivity contribution in [3.8, 4) is 0 Å². The van der Waals surface area contributed by atoms with E-state index >= 15 is 0 Å². The van der Waals surface area contributed by atoms with E-state index in [0.717, 1.165) is 12.1 Å². The minimum absolute atomic E-state index is 0.0690. The molecule has 1 unspecified atom stereocenters. The SMILES string of the molecule is CC(NC(=O)C(C)(C)C)C(=O)N1CCN(C(=O)c2ccc(F)c(F)c2)CC1. The van der Waals surface area contributed by atoms with Gasteiger partial charge < -0.3 is 15.1 Å². The van der Waals surface area contributed by atoms with Gasteiger partial charge in [0.05, 0.1) is 0 Å². The predicted octanol–water partition coefficient (Wildman–Crippen LogP) is 1.80. The van der Waals surface area contributed by atoms with Crippen molar-refractivity contribution in [1.82, 2.24) is 15.1 Å². The summed E-state index contributed by atoms with van der Waals surface area (Å²) in [6.07, 6.45) is 0. The Balaban J connectivity index is 1.92. The van der Waals surface area contributed by atoms with Gasteiger partial charge in [0.2, 0.25) is 11.8 Å². The van der Waals surface area contributed by atoms with Crippen LogP contribution in [0.1, 0.15) is 38.1 Å². The zero-order chi connectivity index (χ0) is 20.4. The van der Waals surface area contributed by atoms with Gasteiger partial charge in [0.25, 0.3) is 5.91 Å². The normalized spacial score (nSPS) is 16.1. The largest absolute Gasteiger partial charge is 0.344 e. The highest BCUT2D eigenvalue weighted by Crippen LogP contribution is 2.15. The zero-order valence-electron chi connectivity index (χ0n) is 16.0. The van der Waals surface area contributed by atoms with Crippen LogP contribution in [0.25, 0.3) is 0 Å². The van der Waals surface area contributed by atoms with Crippen LogP contribution in [0.15, 0.2) is 18.2 Å². The highest BCUT2D eigenvalue weighted by atomic mass is 19.2. The Morgan fingerprint density at radius 1 is 1.00 bits per heavy atom. The molecule has 1 fully saturated rings. The number of hydrogen-bond acceptors (Lipinski definition) is 3. The molecule has 2 rings (SSSR count). The van der Waals surface area contributed by atoms with E-state index in [0.29, 0.717) is 13.1 Å². The van der Waals surface area contributed by atoms with Crippen molar-refractivity contribution >= 4 is 17.7 Å². The average molecular weight is 381 g/mol. The molecule has 1 aliphatic rings. The summed E-state index contributed by atoms with van der Waals surface area (Å²) in [5.74, 6) is -2.91. The Hall–Kier alpha value is -2.51. The highest BCUT2D eigenvalue weighted by molar-refractivity contribution is 5.94. The fourth-order valence-electron chi connectivity index (χ4n) is 2.69. The first kappa shape index (κ1) is 20.8. The van der Waals surface area contributed by atoms with Crippen molar-refractivity contribution in [2.75, 3.05) is 26.2 Å². The van der Waals surface area contributed by atoms with Crippen LogP contribution in [0.5, 0.6) is 0 Å². The summed E-state index contributed by atoms with van der Waals surface area (Å²) < 4.78 is 26.3. The first-order chi connectivity index (χ1) is 12.5. The van der Waals surface area contributed by atoms with Crippen molar-refractivity contribution in [3.63, 3.8) is 0 Å². The van der Waals surface area contributed by atoms with Crippen LogP contribution < -0.4 is 5.32 Å². The van der Waals surface area contributed by atoms with Crippen LogP contribution in [0.2, 0.25) is 0 Å². The molecule has 1 N–H and O–H groups in total. The van der Waals surface area contributed by atoms with E-state index in [1.54, 1.807) is 32.6 Å². The van der Waals surface area contributed by atoms with Crippen LogP contribution in [0, 0.1) is 17.0 Å². The highest BCUT2D eigenvalue weighted by Gasteiger charge is 2.30. The van der Waals surface area contributed by atoms with E-state index < -0.39 is 29.0 Å². The van der Waals surface area contributed by atoms with Crippen LogP contribution in [0.3, 0.4) is 0 Å². The lowest BCUT2D eigenvalue weighted by Gasteiger charge is -2.36. The number of carbonyl (C=O) groups is 3. The van der Waals surface area contributed by atoms with E-state index in [2.05, 4.69) is 5.32 Å². The third kappa shape index (κ3) is 5.02. The molecule has 1 aromatic rings. The molecule has 0 aliphatic carbocycles. The van der Waals surface area contributed by atoms with E-state index in [1.807, 2.05) is 0 Å². The van der Waals surface area contributed by atoms with Gasteiger partial charge in [-0.25, -0.2) is 8.78 Å². The number of hydrogen-bond donors (Lipinski definition) is 1. The summed E-state index contributed by atoms with van der Waals surface area (Å²) in [5, 5.41) is 2.70. The fraction of sp³-hybridized carbons (Fsp3) is 0.526. The maximum Gasteiger partial charge on any atom is 0.254 e. The molecule has 3 amide bonds. The third-order valence-electron chi connectivity index (χ3n) is 4.44. The predicted molar refractivity (Wildman–Crippen MR) is 95.9 cm³/mol. The van der Waals surface area contributed by atoms with Gasteiger partial charge in [-0.15, -0.1) is 0 Å². The standard InChI is InChI=1S/C19H25F2N3O3/c1-12(22-18(27)19(2,3)4)16(25)23-7-9-24(10-8-23)17(26)13-5-6-14(20)15(21)11-13/h5-6,11-12H,7-10H2,1-4H3,(H,22,27). The quantitative estimate of drug-likeness (QED) is 0.868. The van der Waals surface area contributed by atoms with Crippen molar-refractivity contribution in [1.29, 1.82) is 0 Å². The lowest BCUT2D eigenvalue weighted by molar-refractivity contribution is -0.139.